The van der Waals surface area contributed by atoms with E-state index < -0.39 is 11.3 Å². The summed E-state index contributed by atoms with van der Waals surface area (Å²) in [7, 11) is 0. The van der Waals surface area contributed by atoms with Crippen molar-refractivity contribution in [3.8, 4) is 17.0 Å². The van der Waals surface area contributed by atoms with Gasteiger partial charge in [0.15, 0.2) is 5.43 Å². The highest BCUT2D eigenvalue weighted by Gasteiger charge is 2.26. The summed E-state index contributed by atoms with van der Waals surface area (Å²) in [6, 6.07) is 5.11. The van der Waals surface area contributed by atoms with Gasteiger partial charge in [-0.1, -0.05) is 18.5 Å². The second-order valence-electron chi connectivity index (χ2n) is 5.88. The minimum atomic E-state index is -1.05. The summed E-state index contributed by atoms with van der Waals surface area (Å²) in [5.41, 5.74) is 1.80. The molecule has 1 aliphatic rings. The van der Waals surface area contributed by atoms with E-state index in [1.807, 2.05) is 24.5 Å². The van der Waals surface area contributed by atoms with Gasteiger partial charge in [0.25, 0.3) is 0 Å². The Labute approximate surface area is 149 Å². The molecule has 0 fully saturated rings. The molecule has 0 saturated heterocycles. The third kappa shape index (κ3) is 2.98. The van der Waals surface area contributed by atoms with E-state index in [0.29, 0.717) is 29.5 Å². The Hall–Kier alpha value is -2.47. The van der Waals surface area contributed by atoms with Gasteiger partial charge >= 0.3 is 5.91 Å². The molecule has 1 amide bonds. The summed E-state index contributed by atoms with van der Waals surface area (Å²) >= 11 is 6.30. The maximum atomic E-state index is 12.3. The molecule has 1 atom stereocenters. The molecule has 7 heteroatoms. The fourth-order valence-electron chi connectivity index (χ4n) is 3.24. The molecule has 2 heterocycles. The van der Waals surface area contributed by atoms with Crippen molar-refractivity contribution in [2.75, 3.05) is 6.61 Å². The molecule has 3 rings (SSSR count). The molecular weight excluding hydrogens is 344 g/mol. The van der Waals surface area contributed by atoms with Crippen LogP contribution in [0, 0.1) is 4.91 Å². The molecule has 0 aliphatic carbocycles. The van der Waals surface area contributed by atoms with Crippen LogP contribution in [0.4, 0.5) is 0 Å². The van der Waals surface area contributed by atoms with Gasteiger partial charge in [0.2, 0.25) is 0 Å². The fourth-order valence-corrected chi connectivity index (χ4v) is 3.46. The molecule has 0 bridgehead atoms. The SMILES string of the molecule is CCOc1cc2c(cc1Cl)-c1cc(=O)c(C(=O)N=O)cn1[C@@H](CC)C2. The summed E-state index contributed by atoms with van der Waals surface area (Å²) in [6.07, 6.45) is 2.94. The van der Waals surface area contributed by atoms with E-state index in [9.17, 15) is 14.5 Å². The van der Waals surface area contributed by atoms with Crippen molar-refractivity contribution in [3.63, 3.8) is 0 Å². The number of nitroso groups, excluding NO2 is 1. The first-order chi connectivity index (χ1) is 12.0. The van der Waals surface area contributed by atoms with Crippen LogP contribution in [0.3, 0.4) is 0 Å². The third-order valence-corrected chi connectivity index (χ3v) is 4.74. The first kappa shape index (κ1) is 17.4. The Morgan fingerprint density at radius 2 is 2.12 bits per heavy atom. The largest absolute Gasteiger partial charge is 0.492 e. The van der Waals surface area contributed by atoms with E-state index in [1.54, 1.807) is 6.07 Å². The molecule has 25 heavy (non-hydrogen) atoms. The molecule has 1 aromatic carbocycles. The molecule has 0 N–H and O–H groups in total. The van der Waals surface area contributed by atoms with E-state index >= 15 is 0 Å². The van der Waals surface area contributed by atoms with E-state index in [-0.39, 0.29) is 11.6 Å². The normalized spacial score (nSPS) is 15.2. The average Bonchev–Trinajstić information content (AvgIpc) is 2.61. The number of pyridine rings is 1. The molecule has 0 unspecified atom stereocenters. The van der Waals surface area contributed by atoms with E-state index in [4.69, 9.17) is 16.3 Å². The number of nitrogens with zero attached hydrogens (tertiary/aromatic N) is 2. The third-order valence-electron chi connectivity index (χ3n) is 4.45. The Bertz CT molecular complexity index is 920. The average molecular weight is 361 g/mol. The lowest BCUT2D eigenvalue weighted by Gasteiger charge is -2.30. The molecule has 6 nitrogen and oxygen atoms in total. The number of halogens is 1. The Morgan fingerprint density at radius 3 is 2.76 bits per heavy atom. The second-order valence-corrected chi connectivity index (χ2v) is 6.29. The van der Waals surface area contributed by atoms with Crippen molar-refractivity contribution in [1.29, 1.82) is 0 Å². The van der Waals surface area contributed by atoms with Gasteiger partial charge < -0.3 is 9.30 Å². The summed E-state index contributed by atoms with van der Waals surface area (Å²) in [5.74, 6) is -0.434. The van der Waals surface area contributed by atoms with Gasteiger partial charge in [-0.2, -0.15) is 0 Å². The van der Waals surface area contributed by atoms with Crippen LogP contribution in [0.15, 0.2) is 34.4 Å². The van der Waals surface area contributed by atoms with Crippen molar-refractivity contribution in [3.05, 3.63) is 55.7 Å². The molecule has 0 saturated carbocycles. The number of benzene rings is 1. The van der Waals surface area contributed by atoms with Gasteiger partial charge in [-0.25, -0.2) is 0 Å². The molecule has 1 aromatic heterocycles. The fraction of sp³-hybridized carbons (Fsp3) is 0.333. The predicted octanol–water partition coefficient (Wildman–Crippen LogP) is 3.98. The number of ether oxygens (including phenoxy) is 1. The number of carbonyl (C=O) groups excluding carboxylic acids is 1. The number of fused-ring (bicyclic) bond motifs is 3. The topological polar surface area (TPSA) is 77.7 Å². The van der Waals surface area contributed by atoms with Gasteiger partial charge in [-0.05, 0) is 37.5 Å². The molecule has 1 aliphatic heterocycles. The number of hydrogen-bond acceptors (Lipinski definition) is 4. The quantitative estimate of drug-likeness (QED) is 0.772. The zero-order valence-electron chi connectivity index (χ0n) is 13.9. The van der Waals surface area contributed by atoms with Crippen molar-refractivity contribution in [2.45, 2.75) is 32.7 Å². The summed E-state index contributed by atoms with van der Waals surface area (Å²) in [6.45, 7) is 4.42. The van der Waals surface area contributed by atoms with Gasteiger partial charge in [0, 0.05) is 29.0 Å². The molecule has 2 aromatic rings. The minimum absolute atomic E-state index is 0.0527. The minimum Gasteiger partial charge on any atom is -0.492 e. The summed E-state index contributed by atoms with van der Waals surface area (Å²) in [4.78, 5) is 34.4. The molecule has 0 spiro atoms. The van der Waals surface area contributed by atoms with E-state index in [2.05, 4.69) is 5.18 Å². The Balaban J connectivity index is 2.24. The van der Waals surface area contributed by atoms with Crippen LogP contribution in [0.25, 0.3) is 11.3 Å². The van der Waals surface area contributed by atoms with Crippen molar-refractivity contribution < 1.29 is 9.53 Å². The van der Waals surface area contributed by atoms with Crippen LogP contribution in [-0.2, 0) is 6.42 Å². The Morgan fingerprint density at radius 1 is 1.36 bits per heavy atom. The molecule has 130 valence electrons. The maximum absolute atomic E-state index is 12.3. The van der Waals surface area contributed by atoms with Crippen LogP contribution in [0.2, 0.25) is 5.02 Å². The lowest BCUT2D eigenvalue weighted by Crippen LogP contribution is -2.25. The lowest BCUT2D eigenvalue weighted by atomic mass is 9.91. The first-order valence-corrected chi connectivity index (χ1v) is 8.47. The van der Waals surface area contributed by atoms with Crippen molar-refractivity contribution in [1.82, 2.24) is 4.57 Å². The number of aromatic nitrogens is 1. The number of hydrogen-bond donors (Lipinski definition) is 0. The number of rotatable bonds is 4. The summed E-state index contributed by atoms with van der Waals surface area (Å²) < 4.78 is 7.42. The van der Waals surface area contributed by atoms with Crippen LogP contribution in [0.1, 0.15) is 42.2 Å². The van der Waals surface area contributed by atoms with Crippen LogP contribution in [-0.4, -0.2) is 17.1 Å². The van der Waals surface area contributed by atoms with Gasteiger partial charge in [0.1, 0.15) is 11.3 Å². The lowest BCUT2D eigenvalue weighted by molar-refractivity contribution is 0.0999. The van der Waals surface area contributed by atoms with Crippen LogP contribution < -0.4 is 10.2 Å². The standard InChI is InChI=1S/C18H17ClN2O4/c1-3-11-5-10-6-17(25-4-2)14(19)7-12(10)15-8-16(22)13(9-21(11)15)18(23)20-24/h6-9,11H,3-5H2,1-2H3/t11-/m0/s1. The van der Waals surface area contributed by atoms with Crippen molar-refractivity contribution >= 4 is 17.5 Å². The maximum Gasteiger partial charge on any atom is 0.322 e. The molecular formula is C18H17ClN2O4. The molecule has 0 radical (unpaired) electrons. The second kappa shape index (κ2) is 6.80. The van der Waals surface area contributed by atoms with Gasteiger partial charge in [0.05, 0.1) is 17.3 Å². The zero-order valence-corrected chi connectivity index (χ0v) is 14.7. The highest BCUT2D eigenvalue weighted by molar-refractivity contribution is 6.32. The zero-order chi connectivity index (χ0) is 18.1. The number of carbonyl (C=O) groups is 1. The van der Waals surface area contributed by atoms with Crippen molar-refractivity contribution in [2.24, 2.45) is 5.18 Å². The monoisotopic (exact) mass is 360 g/mol. The number of amides is 1. The van der Waals surface area contributed by atoms with E-state index in [1.165, 1.54) is 12.3 Å². The predicted molar refractivity (Wildman–Crippen MR) is 95.5 cm³/mol. The highest BCUT2D eigenvalue weighted by atomic mass is 35.5. The van der Waals surface area contributed by atoms with Gasteiger partial charge in [-0.3, -0.25) is 9.59 Å². The van der Waals surface area contributed by atoms with Crippen LogP contribution in [0.5, 0.6) is 5.75 Å². The summed E-state index contributed by atoms with van der Waals surface area (Å²) in [5, 5.41) is 2.83. The first-order valence-electron chi connectivity index (χ1n) is 8.09. The highest BCUT2D eigenvalue weighted by Crippen LogP contribution is 2.40. The van der Waals surface area contributed by atoms with Gasteiger partial charge in [-0.15, -0.1) is 4.91 Å². The van der Waals surface area contributed by atoms with Crippen LogP contribution >= 0.6 is 11.6 Å². The Kier molecular flexibility index (Phi) is 4.72. The van der Waals surface area contributed by atoms with E-state index in [0.717, 1.165) is 17.5 Å². The smallest absolute Gasteiger partial charge is 0.322 e.